The molecule has 0 bridgehead atoms. The summed E-state index contributed by atoms with van der Waals surface area (Å²) >= 11 is 1.80. The first-order valence-corrected chi connectivity index (χ1v) is 12.6. The number of thioether (sulfide) groups is 1. The van der Waals surface area contributed by atoms with Gasteiger partial charge in [-0.1, -0.05) is 47.5 Å². The Kier molecular flexibility index (Phi) is 12.0. The van der Waals surface area contributed by atoms with Gasteiger partial charge in [-0.3, -0.25) is 0 Å². The minimum atomic E-state index is -0.558. The van der Waals surface area contributed by atoms with Gasteiger partial charge in [0.2, 0.25) is 0 Å². The molecule has 1 N–H and O–H groups in total. The van der Waals surface area contributed by atoms with E-state index in [1.807, 2.05) is 6.92 Å². The highest BCUT2D eigenvalue weighted by atomic mass is 32.2. The summed E-state index contributed by atoms with van der Waals surface area (Å²) in [4.78, 5) is 0. The monoisotopic (exact) mass is 442 g/mol. The maximum absolute atomic E-state index is 10.3. The zero-order chi connectivity index (χ0) is 23.6. The van der Waals surface area contributed by atoms with Gasteiger partial charge in [0.15, 0.2) is 0 Å². The van der Waals surface area contributed by atoms with Gasteiger partial charge in [0.25, 0.3) is 0 Å². The van der Waals surface area contributed by atoms with Gasteiger partial charge >= 0.3 is 0 Å². The molecule has 1 aliphatic rings. The number of nitrogens with zero attached hydrogens (tertiary/aromatic N) is 4. The minimum absolute atomic E-state index is 0.0539. The van der Waals surface area contributed by atoms with Crippen molar-refractivity contribution in [2.24, 2.45) is 47.3 Å². The molecule has 0 radical (unpaired) electrons. The van der Waals surface area contributed by atoms with E-state index in [9.17, 15) is 15.6 Å². The molecule has 0 aromatic carbocycles. The normalized spacial score (nSPS) is 24.3. The van der Waals surface area contributed by atoms with Gasteiger partial charge in [0, 0.05) is 17.1 Å². The van der Waals surface area contributed by atoms with E-state index in [2.05, 4.69) is 52.0 Å². The van der Waals surface area contributed by atoms with Gasteiger partial charge < -0.3 is 5.11 Å². The lowest BCUT2D eigenvalue weighted by molar-refractivity contribution is 0.0666. The molecule has 170 valence electrons. The Morgan fingerprint density at radius 2 is 1.39 bits per heavy atom. The lowest BCUT2D eigenvalue weighted by Gasteiger charge is -2.39. The molecule has 5 nitrogen and oxygen atoms in total. The second-order valence-electron chi connectivity index (χ2n) is 9.43. The summed E-state index contributed by atoms with van der Waals surface area (Å²) in [5.74, 6) is 0.661. The van der Waals surface area contributed by atoms with Gasteiger partial charge in [0.1, 0.15) is 11.8 Å². The van der Waals surface area contributed by atoms with Crippen LogP contribution in [0.4, 0.5) is 0 Å². The predicted molar refractivity (Wildman–Crippen MR) is 124 cm³/mol. The molecule has 0 amide bonds. The van der Waals surface area contributed by atoms with Crippen LogP contribution in [0, 0.1) is 92.7 Å². The Hall–Kier alpha value is -1.73. The van der Waals surface area contributed by atoms with Crippen LogP contribution in [-0.4, -0.2) is 22.2 Å². The first-order chi connectivity index (χ1) is 14.8. The fraction of sp³-hybridized carbons (Fsp3) is 0.840. The van der Waals surface area contributed by atoms with Crippen molar-refractivity contribution in [2.45, 2.75) is 77.2 Å². The number of hydrogen-bond acceptors (Lipinski definition) is 6. The molecule has 0 aliphatic carbocycles. The summed E-state index contributed by atoms with van der Waals surface area (Å²) in [6.45, 7) is 11.0. The molecule has 1 aliphatic heterocycles. The summed E-state index contributed by atoms with van der Waals surface area (Å²) in [7, 11) is 0. The molecular weight excluding hydrogens is 404 g/mol. The average molecular weight is 443 g/mol. The molecule has 8 atom stereocenters. The van der Waals surface area contributed by atoms with Crippen LogP contribution >= 0.6 is 11.8 Å². The van der Waals surface area contributed by atoms with Gasteiger partial charge in [-0.05, 0) is 54.8 Å². The van der Waals surface area contributed by atoms with Crippen LogP contribution < -0.4 is 0 Å². The second-order valence-corrected chi connectivity index (χ2v) is 10.9. The van der Waals surface area contributed by atoms with E-state index in [1.54, 1.807) is 11.8 Å². The van der Waals surface area contributed by atoms with Crippen molar-refractivity contribution in [3.63, 3.8) is 0 Å². The van der Waals surface area contributed by atoms with Crippen molar-refractivity contribution in [1.29, 1.82) is 21.0 Å². The highest BCUT2D eigenvalue weighted by Crippen LogP contribution is 2.46. The van der Waals surface area contributed by atoms with Crippen LogP contribution in [0.15, 0.2) is 0 Å². The second kappa shape index (κ2) is 13.6. The Bertz CT molecular complexity index is 687. The van der Waals surface area contributed by atoms with Crippen molar-refractivity contribution in [1.82, 2.24) is 0 Å². The third-order valence-corrected chi connectivity index (χ3v) is 9.60. The molecule has 1 rings (SSSR count). The van der Waals surface area contributed by atoms with E-state index in [4.69, 9.17) is 10.5 Å². The van der Waals surface area contributed by atoms with E-state index in [0.717, 1.165) is 32.1 Å². The molecule has 0 aromatic rings. The first-order valence-electron chi connectivity index (χ1n) is 11.6. The summed E-state index contributed by atoms with van der Waals surface area (Å²) in [5.41, 5.74) is 0. The molecule has 8 unspecified atom stereocenters. The molecule has 1 fully saturated rings. The van der Waals surface area contributed by atoms with Gasteiger partial charge in [-0.2, -0.15) is 32.8 Å². The van der Waals surface area contributed by atoms with Crippen LogP contribution in [0.2, 0.25) is 0 Å². The highest BCUT2D eigenvalue weighted by molar-refractivity contribution is 8.00. The number of rotatable bonds is 12. The smallest absolute Gasteiger partial charge is 0.145 e. The number of aliphatic hydroxyl groups excluding tert-OH is 1. The Balaban J connectivity index is 2.79. The van der Waals surface area contributed by atoms with Crippen LogP contribution in [0.1, 0.15) is 66.7 Å². The van der Waals surface area contributed by atoms with Crippen LogP contribution in [-0.2, 0) is 0 Å². The molecule has 0 aromatic heterocycles. The standard InChI is InChI=1S/C25H38N4OS/c1-6-22(19(5)24-9-10-25(31-24)21(13-28)14-29)23(15-30)18(4)16(2)7-8-17(3)20(11-26)12-27/h16-25,30H,6-10,15H2,1-5H3. The summed E-state index contributed by atoms with van der Waals surface area (Å²) in [5, 5.41) is 47.5. The molecule has 31 heavy (non-hydrogen) atoms. The van der Waals surface area contributed by atoms with Gasteiger partial charge in [-0.25, -0.2) is 0 Å². The Morgan fingerprint density at radius 1 is 0.839 bits per heavy atom. The summed E-state index contributed by atoms with van der Waals surface area (Å²) in [6.07, 6.45) is 4.71. The van der Waals surface area contributed by atoms with E-state index >= 15 is 0 Å². The van der Waals surface area contributed by atoms with Crippen molar-refractivity contribution >= 4 is 11.8 Å². The molecule has 1 heterocycles. The number of nitriles is 4. The third-order valence-electron chi connectivity index (χ3n) is 7.73. The fourth-order valence-corrected chi connectivity index (χ4v) is 6.93. The van der Waals surface area contributed by atoms with Crippen LogP contribution in [0.5, 0.6) is 0 Å². The minimum Gasteiger partial charge on any atom is -0.396 e. The number of aliphatic hydroxyl groups is 1. The quantitative estimate of drug-likeness (QED) is 0.424. The molecule has 6 heteroatoms. The predicted octanol–water partition coefficient (Wildman–Crippen LogP) is 5.54. The van der Waals surface area contributed by atoms with Gasteiger partial charge in [-0.15, -0.1) is 0 Å². The summed E-state index contributed by atoms with van der Waals surface area (Å²) in [6, 6.07) is 8.46. The fourth-order valence-electron chi connectivity index (χ4n) is 5.21. The lowest BCUT2D eigenvalue weighted by Crippen LogP contribution is -2.35. The Morgan fingerprint density at radius 3 is 1.87 bits per heavy atom. The van der Waals surface area contributed by atoms with Crippen molar-refractivity contribution in [3.8, 4) is 24.3 Å². The van der Waals surface area contributed by atoms with E-state index in [1.165, 1.54) is 0 Å². The first kappa shape index (κ1) is 27.3. The topological polar surface area (TPSA) is 115 Å². The van der Waals surface area contributed by atoms with Crippen molar-refractivity contribution in [3.05, 3.63) is 0 Å². The molecule has 0 saturated carbocycles. The van der Waals surface area contributed by atoms with Crippen molar-refractivity contribution in [2.75, 3.05) is 6.61 Å². The van der Waals surface area contributed by atoms with Crippen LogP contribution in [0.3, 0.4) is 0 Å². The lowest BCUT2D eigenvalue weighted by atomic mass is 9.69. The highest BCUT2D eigenvalue weighted by Gasteiger charge is 2.40. The average Bonchev–Trinajstić information content (AvgIpc) is 3.26. The van der Waals surface area contributed by atoms with Gasteiger partial charge in [0.05, 0.1) is 24.3 Å². The van der Waals surface area contributed by atoms with E-state index in [-0.39, 0.29) is 23.7 Å². The number of hydrogen-bond donors (Lipinski definition) is 1. The third kappa shape index (κ3) is 7.14. The maximum Gasteiger partial charge on any atom is 0.145 e. The van der Waals surface area contributed by atoms with Crippen molar-refractivity contribution < 1.29 is 5.11 Å². The van der Waals surface area contributed by atoms with E-state index < -0.39 is 11.8 Å². The molecule has 1 saturated heterocycles. The SMILES string of the molecule is CCC(C(C)C1CCC(C(C#N)C#N)S1)C(CO)C(C)C(C)CCC(C)C(C#N)C#N. The largest absolute Gasteiger partial charge is 0.396 e. The maximum atomic E-state index is 10.3. The van der Waals surface area contributed by atoms with Crippen LogP contribution in [0.25, 0.3) is 0 Å². The summed E-state index contributed by atoms with van der Waals surface area (Å²) < 4.78 is 0. The zero-order valence-corrected chi connectivity index (χ0v) is 20.5. The molecule has 0 spiro atoms. The molecular formula is C25H38N4OS. The Labute approximate surface area is 193 Å². The zero-order valence-electron chi connectivity index (χ0n) is 19.7. The van der Waals surface area contributed by atoms with E-state index in [0.29, 0.717) is 28.9 Å².